The minimum Gasteiger partial charge on any atom is -0.322 e. The van der Waals surface area contributed by atoms with E-state index in [0.717, 1.165) is 4.90 Å². The Morgan fingerprint density at radius 2 is 1.53 bits per heavy atom. The highest BCUT2D eigenvalue weighted by Gasteiger charge is 2.30. The molecule has 2 aromatic carbocycles. The molecule has 32 heavy (non-hydrogen) atoms. The van der Waals surface area contributed by atoms with Crippen LogP contribution in [-0.4, -0.2) is 68.6 Å². The standard InChI is InChI=1S/C22H24N4O5S/c1-24-11-13-25(14-12-24)32(30,31)19-7-5-17(6-8-19)23-22(29)16-3-2-4-18(15-16)26-20(27)9-10-21(26)28/h2-8,15H,9-14H2,1H3,(H,23,29). The van der Waals surface area contributed by atoms with Crippen LogP contribution in [0.5, 0.6) is 0 Å². The first kappa shape index (κ1) is 22.1. The Morgan fingerprint density at radius 3 is 2.16 bits per heavy atom. The number of rotatable bonds is 5. The first-order valence-electron chi connectivity index (χ1n) is 10.3. The molecule has 3 amide bonds. The second-order valence-corrected chi connectivity index (χ2v) is 9.80. The van der Waals surface area contributed by atoms with Gasteiger partial charge in [-0.3, -0.25) is 19.3 Å². The number of sulfonamides is 1. The number of likely N-dealkylation sites (N-methyl/N-ethyl adjacent to an activating group) is 1. The van der Waals surface area contributed by atoms with Crippen molar-refractivity contribution >= 4 is 39.1 Å². The zero-order valence-electron chi connectivity index (χ0n) is 17.7. The molecule has 1 N–H and O–H groups in total. The number of piperazine rings is 1. The molecule has 2 aliphatic rings. The number of carbonyl (C=O) groups excluding carboxylic acids is 3. The van der Waals surface area contributed by atoms with Gasteiger partial charge in [-0.15, -0.1) is 0 Å². The summed E-state index contributed by atoms with van der Waals surface area (Å²) in [6, 6.07) is 12.3. The summed E-state index contributed by atoms with van der Waals surface area (Å²) in [4.78, 5) is 39.9. The molecule has 2 aromatic rings. The third-order valence-corrected chi connectivity index (χ3v) is 7.54. The molecule has 0 atom stereocenters. The lowest BCUT2D eigenvalue weighted by atomic mass is 10.1. The summed E-state index contributed by atoms with van der Waals surface area (Å²) in [5.41, 5.74) is 1.08. The van der Waals surface area contributed by atoms with Gasteiger partial charge in [0.25, 0.3) is 5.91 Å². The van der Waals surface area contributed by atoms with Gasteiger partial charge in [-0.25, -0.2) is 8.42 Å². The third kappa shape index (κ3) is 4.43. The van der Waals surface area contributed by atoms with Gasteiger partial charge >= 0.3 is 0 Å². The fourth-order valence-electron chi connectivity index (χ4n) is 3.74. The summed E-state index contributed by atoms with van der Waals surface area (Å²) in [5, 5.41) is 2.72. The third-order valence-electron chi connectivity index (χ3n) is 5.63. The van der Waals surface area contributed by atoms with Crippen molar-refractivity contribution in [1.82, 2.24) is 9.21 Å². The molecule has 2 heterocycles. The van der Waals surface area contributed by atoms with Crippen molar-refractivity contribution in [2.24, 2.45) is 0 Å². The topological polar surface area (TPSA) is 107 Å². The summed E-state index contributed by atoms with van der Waals surface area (Å²) in [6.07, 6.45) is 0.331. The molecular formula is C22H24N4O5S. The monoisotopic (exact) mass is 456 g/mol. The highest BCUT2D eigenvalue weighted by Crippen LogP contribution is 2.24. The maximum atomic E-state index is 12.8. The lowest BCUT2D eigenvalue weighted by molar-refractivity contribution is -0.121. The smallest absolute Gasteiger partial charge is 0.255 e. The highest BCUT2D eigenvalue weighted by atomic mass is 32.2. The number of imide groups is 1. The Balaban J connectivity index is 1.46. The molecule has 0 spiro atoms. The van der Waals surface area contributed by atoms with Crippen LogP contribution in [0.15, 0.2) is 53.4 Å². The van der Waals surface area contributed by atoms with Crippen molar-refractivity contribution in [3.8, 4) is 0 Å². The molecule has 0 unspecified atom stereocenters. The van der Waals surface area contributed by atoms with Crippen molar-refractivity contribution < 1.29 is 22.8 Å². The maximum absolute atomic E-state index is 12.8. The van der Waals surface area contributed by atoms with Crippen LogP contribution < -0.4 is 10.2 Å². The van der Waals surface area contributed by atoms with Crippen molar-refractivity contribution in [1.29, 1.82) is 0 Å². The van der Waals surface area contributed by atoms with E-state index in [1.165, 1.54) is 34.6 Å². The summed E-state index contributed by atoms with van der Waals surface area (Å²) < 4.78 is 27.1. The van der Waals surface area contributed by atoms with Gasteiger partial charge in [0.2, 0.25) is 21.8 Å². The number of nitrogens with one attached hydrogen (secondary N) is 1. The Labute approximate surface area is 186 Å². The van der Waals surface area contributed by atoms with E-state index in [0.29, 0.717) is 37.6 Å². The number of hydrogen-bond acceptors (Lipinski definition) is 6. The molecule has 0 bridgehead atoms. The number of benzene rings is 2. The Kier molecular flexibility index (Phi) is 6.09. The largest absolute Gasteiger partial charge is 0.322 e. The van der Waals surface area contributed by atoms with Crippen LogP contribution in [0.2, 0.25) is 0 Å². The van der Waals surface area contributed by atoms with Gasteiger partial charge in [0.1, 0.15) is 0 Å². The van der Waals surface area contributed by atoms with Crippen molar-refractivity contribution in [3.05, 3.63) is 54.1 Å². The van der Waals surface area contributed by atoms with Crippen LogP contribution in [0.3, 0.4) is 0 Å². The Hall–Kier alpha value is -3.08. The van der Waals surface area contributed by atoms with Crippen LogP contribution in [0.1, 0.15) is 23.2 Å². The van der Waals surface area contributed by atoms with Crippen LogP contribution >= 0.6 is 0 Å². The normalized spacial score (nSPS) is 18.2. The number of carbonyl (C=O) groups is 3. The van der Waals surface area contributed by atoms with Crippen LogP contribution in [0.4, 0.5) is 11.4 Å². The van der Waals surface area contributed by atoms with Gasteiger partial charge in [0, 0.05) is 50.3 Å². The van der Waals surface area contributed by atoms with E-state index in [-0.39, 0.29) is 35.1 Å². The van der Waals surface area contributed by atoms with E-state index in [1.807, 2.05) is 7.05 Å². The van der Waals surface area contributed by atoms with Crippen LogP contribution in [0.25, 0.3) is 0 Å². The van der Waals surface area contributed by atoms with Gasteiger partial charge in [-0.05, 0) is 49.5 Å². The van der Waals surface area contributed by atoms with E-state index < -0.39 is 15.9 Å². The second-order valence-electron chi connectivity index (χ2n) is 7.86. The predicted octanol–water partition coefficient (Wildman–Crippen LogP) is 1.53. The maximum Gasteiger partial charge on any atom is 0.255 e. The summed E-state index contributed by atoms with van der Waals surface area (Å²) in [7, 11) is -1.63. The number of anilines is 2. The first-order valence-corrected chi connectivity index (χ1v) is 11.8. The fourth-order valence-corrected chi connectivity index (χ4v) is 5.16. The molecule has 9 nitrogen and oxygen atoms in total. The van der Waals surface area contributed by atoms with Gasteiger partial charge in [0.15, 0.2) is 0 Å². The molecule has 2 aliphatic heterocycles. The molecule has 168 valence electrons. The summed E-state index contributed by atoms with van der Waals surface area (Å²) in [5.74, 6) is -1.00. The zero-order valence-corrected chi connectivity index (χ0v) is 18.5. The van der Waals surface area contributed by atoms with Gasteiger partial charge in [0.05, 0.1) is 10.6 Å². The van der Waals surface area contributed by atoms with Crippen LogP contribution in [0, 0.1) is 0 Å². The molecule has 0 saturated carbocycles. The van der Waals surface area contributed by atoms with Crippen molar-refractivity contribution in [2.45, 2.75) is 17.7 Å². The van der Waals surface area contributed by atoms with Gasteiger partial charge in [-0.1, -0.05) is 6.07 Å². The second kappa shape index (κ2) is 8.81. The number of hydrogen-bond donors (Lipinski definition) is 1. The lowest BCUT2D eigenvalue weighted by Gasteiger charge is -2.31. The predicted molar refractivity (Wildman–Crippen MR) is 119 cm³/mol. The average molecular weight is 457 g/mol. The minimum absolute atomic E-state index is 0.165. The Morgan fingerprint density at radius 1 is 0.906 bits per heavy atom. The SMILES string of the molecule is CN1CCN(S(=O)(=O)c2ccc(NC(=O)c3cccc(N4C(=O)CCC4=O)c3)cc2)CC1. The molecule has 4 rings (SSSR count). The fraction of sp³-hybridized carbons (Fsp3) is 0.318. The van der Waals surface area contributed by atoms with Crippen LogP contribution in [-0.2, 0) is 19.6 Å². The molecule has 10 heteroatoms. The number of nitrogens with zero attached hydrogens (tertiary/aromatic N) is 3. The summed E-state index contributed by atoms with van der Waals surface area (Å²) in [6.45, 7) is 2.24. The van der Waals surface area contributed by atoms with Gasteiger partial charge < -0.3 is 10.2 Å². The van der Waals surface area contributed by atoms with Crippen molar-refractivity contribution in [2.75, 3.05) is 43.4 Å². The lowest BCUT2D eigenvalue weighted by Crippen LogP contribution is -2.46. The molecule has 2 saturated heterocycles. The van der Waals surface area contributed by atoms with E-state index in [4.69, 9.17) is 0 Å². The van der Waals surface area contributed by atoms with Gasteiger partial charge in [-0.2, -0.15) is 4.31 Å². The first-order chi connectivity index (χ1) is 15.3. The highest BCUT2D eigenvalue weighted by molar-refractivity contribution is 7.89. The number of amides is 3. The average Bonchev–Trinajstić information content (AvgIpc) is 3.12. The van der Waals surface area contributed by atoms with E-state index in [1.54, 1.807) is 18.2 Å². The quantitative estimate of drug-likeness (QED) is 0.684. The minimum atomic E-state index is -3.58. The zero-order chi connectivity index (χ0) is 22.9. The van der Waals surface area contributed by atoms with E-state index >= 15 is 0 Å². The Bertz CT molecular complexity index is 1140. The molecule has 2 fully saturated rings. The molecule has 0 radical (unpaired) electrons. The van der Waals surface area contributed by atoms with Crippen molar-refractivity contribution in [3.63, 3.8) is 0 Å². The van der Waals surface area contributed by atoms with E-state index in [2.05, 4.69) is 10.2 Å². The van der Waals surface area contributed by atoms with E-state index in [9.17, 15) is 22.8 Å². The molecular weight excluding hydrogens is 432 g/mol. The molecule has 0 aromatic heterocycles. The summed E-state index contributed by atoms with van der Waals surface area (Å²) >= 11 is 0. The molecule has 0 aliphatic carbocycles.